The summed E-state index contributed by atoms with van der Waals surface area (Å²) < 4.78 is 0. The molecule has 2 amide bonds. The highest BCUT2D eigenvalue weighted by atomic mass is 16.2. The van der Waals surface area contributed by atoms with Crippen LogP contribution in [0.4, 0.5) is 4.79 Å². The summed E-state index contributed by atoms with van der Waals surface area (Å²) in [6, 6.07) is 9.17. The third-order valence-electron chi connectivity index (χ3n) is 4.60. The van der Waals surface area contributed by atoms with Gasteiger partial charge in [0.2, 0.25) is 0 Å². The van der Waals surface area contributed by atoms with Gasteiger partial charge in [-0.15, -0.1) is 0 Å². The van der Waals surface area contributed by atoms with E-state index in [9.17, 15) is 4.79 Å². The molecule has 2 rings (SSSR count). The first-order valence-electron chi connectivity index (χ1n) is 8.26. The highest BCUT2D eigenvalue weighted by Gasteiger charge is 2.24. The normalized spacial score (nSPS) is 20.0. The SMILES string of the molecule is Cc1ccc(C(CNC(=O)N2CCCCC2C)N(C)C)cc1. The molecule has 22 heavy (non-hydrogen) atoms. The van der Waals surface area contributed by atoms with Gasteiger partial charge in [0.15, 0.2) is 0 Å². The van der Waals surface area contributed by atoms with Crippen molar-refractivity contribution in [3.05, 3.63) is 35.4 Å². The van der Waals surface area contributed by atoms with Crippen molar-refractivity contribution in [1.29, 1.82) is 0 Å². The molecular weight excluding hydrogens is 274 g/mol. The minimum Gasteiger partial charge on any atom is -0.336 e. The zero-order valence-electron chi connectivity index (χ0n) is 14.3. The molecule has 0 aliphatic carbocycles. The fourth-order valence-electron chi connectivity index (χ4n) is 3.07. The lowest BCUT2D eigenvalue weighted by atomic mass is 10.0. The Kier molecular flexibility index (Phi) is 5.83. The number of carbonyl (C=O) groups excluding carboxylic acids is 1. The van der Waals surface area contributed by atoms with Crippen LogP contribution in [0.1, 0.15) is 43.4 Å². The maximum absolute atomic E-state index is 12.4. The number of benzene rings is 1. The Labute approximate surface area is 134 Å². The maximum atomic E-state index is 12.4. The first kappa shape index (κ1) is 16.8. The van der Waals surface area contributed by atoms with E-state index in [2.05, 4.69) is 62.4 Å². The summed E-state index contributed by atoms with van der Waals surface area (Å²) in [5.74, 6) is 0. The van der Waals surface area contributed by atoms with Gasteiger partial charge in [0.1, 0.15) is 0 Å². The van der Waals surface area contributed by atoms with Crippen molar-refractivity contribution in [2.24, 2.45) is 0 Å². The topological polar surface area (TPSA) is 35.6 Å². The fourth-order valence-corrected chi connectivity index (χ4v) is 3.07. The van der Waals surface area contributed by atoms with E-state index in [4.69, 9.17) is 0 Å². The minimum absolute atomic E-state index is 0.0751. The number of carbonyl (C=O) groups is 1. The van der Waals surface area contributed by atoms with Crippen molar-refractivity contribution in [1.82, 2.24) is 15.1 Å². The quantitative estimate of drug-likeness (QED) is 0.927. The van der Waals surface area contributed by atoms with Crippen LogP contribution in [-0.2, 0) is 0 Å². The van der Waals surface area contributed by atoms with Crippen LogP contribution in [0.3, 0.4) is 0 Å². The average molecular weight is 303 g/mol. The number of piperidine rings is 1. The molecule has 1 aromatic rings. The number of hydrogen-bond donors (Lipinski definition) is 1. The molecule has 0 spiro atoms. The van der Waals surface area contributed by atoms with Gasteiger partial charge in [0.25, 0.3) is 0 Å². The van der Waals surface area contributed by atoms with Crippen molar-refractivity contribution in [3.8, 4) is 0 Å². The number of rotatable bonds is 4. The van der Waals surface area contributed by atoms with E-state index in [0.717, 1.165) is 19.4 Å². The van der Waals surface area contributed by atoms with Crippen molar-refractivity contribution in [2.75, 3.05) is 27.2 Å². The van der Waals surface area contributed by atoms with Gasteiger partial charge < -0.3 is 15.1 Å². The lowest BCUT2D eigenvalue weighted by Crippen LogP contribution is -2.49. The van der Waals surface area contributed by atoms with Gasteiger partial charge in [0.05, 0.1) is 6.04 Å². The smallest absolute Gasteiger partial charge is 0.317 e. The van der Waals surface area contributed by atoms with E-state index in [0.29, 0.717) is 12.6 Å². The molecule has 1 aliphatic heterocycles. The molecule has 4 heteroatoms. The predicted molar refractivity (Wildman–Crippen MR) is 91.0 cm³/mol. The summed E-state index contributed by atoms with van der Waals surface area (Å²) in [6.45, 7) is 5.75. The van der Waals surface area contributed by atoms with E-state index in [1.54, 1.807) is 0 Å². The van der Waals surface area contributed by atoms with Crippen molar-refractivity contribution >= 4 is 6.03 Å². The molecular formula is C18H29N3O. The van der Waals surface area contributed by atoms with Crippen LogP contribution >= 0.6 is 0 Å². The summed E-state index contributed by atoms with van der Waals surface area (Å²) in [5, 5.41) is 3.12. The van der Waals surface area contributed by atoms with Gasteiger partial charge in [-0.2, -0.15) is 0 Å². The van der Waals surface area contributed by atoms with Crippen LogP contribution in [0.15, 0.2) is 24.3 Å². The number of aryl methyl sites for hydroxylation is 1. The molecule has 0 aromatic heterocycles. The molecule has 1 heterocycles. The molecule has 1 saturated heterocycles. The van der Waals surface area contributed by atoms with Crippen LogP contribution in [0.25, 0.3) is 0 Å². The van der Waals surface area contributed by atoms with Gasteiger partial charge in [0, 0.05) is 19.1 Å². The predicted octanol–water partition coefficient (Wildman–Crippen LogP) is 3.18. The fraction of sp³-hybridized carbons (Fsp3) is 0.611. The maximum Gasteiger partial charge on any atom is 0.317 e. The summed E-state index contributed by atoms with van der Waals surface area (Å²) in [4.78, 5) is 16.6. The Morgan fingerprint density at radius 2 is 2.00 bits per heavy atom. The van der Waals surface area contributed by atoms with Crippen LogP contribution in [0, 0.1) is 6.92 Å². The molecule has 1 N–H and O–H groups in total. The highest BCUT2D eigenvalue weighted by Crippen LogP contribution is 2.19. The van der Waals surface area contributed by atoms with Crippen molar-refractivity contribution in [2.45, 2.75) is 45.2 Å². The third kappa shape index (κ3) is 4.23. The molecule has 4 nitrogen and oxygen atoms in total. The lowest BCUT2D eigenvalue weighted by molar-refractivity contribution is 0.155. The number of nitrogens with zero attached hydrogens (tertiary/aromatic N) is 2. The van der Waals surface area contributed by atoms with Crippen LogP contribution in [0.2, 0.25) is 0 Å². The largest absolute Gasteiger partial charge is 0.336 e. The Morgan fingerprint density at radius 1 is 1.32 bits per heavy atom. The second-order valence-electron chi connectivity index (χ2n) is 6.61. The standard InChI is InChI=1S/C18H29N3O/c1-14-8-10-16(11-9-14)17(20(3)4)13-19-18(22)21-12-6-5-7-15(21)2/h8-11,15,17H,5-7,12-13H2,1-4H3,(H,19,22). The first-order valence-corrected chi connectivity index (χ1v) is 8.26. The number of likely N-dealkylation sites (tertiary alicyclic amines) is 1. The van der Waals surface area contributed by atoms with Gasteiger partial charge >= 0.3 is 6.03 Å². The summed E-state index contributed by atoms with van der Waals surface area (Å²) in [5.41, 5.74) is 2.50. The average Bonchev–Trinajstić information content (AvgIpc) is 2.49. The van der Waals surface area contributed by atoms with E-state index < -0.39 is 0 Å². The van der Waals surface area contributed by atoms with Crippen LogP contribution in [0.5, 0.6) is 0 Å². The zero-order valence-corrected chi connectivity index (χ0v) is 14.3. The summed E-state index contributed by atoms with van der Waals surface area (Å²) in [7, 11) is 4.11. The minimum atomic E-state index is 0.0751. The van der Waals surface area contributed by atoms with Crippen molar-refractivity contribution < 1.29 is 4.79 Å². The highest BCUT2D eigenvalue weighted by molar-refractivity contribution is 5.74. The summed E-state index contributed by atoms with van der Waals surface area (Å²) >= 11 is 0. The summed E-state index contributed by atoms with van der Waals surface area (Å²) in [6.07, 6.45) is 3.46. The molecule has 0 radical (unpaired) electrons. The first-order chi connectivity index (χ1) is 10.5. The van der Waals surface area contributed by atoms with E-state index in [1.165, 1.54) is 17.5 Å². The Morgan fingerprint density at radius 3 is 2.59 bits per heavy atom. The van der Waals surface area contributed by atoms with Crippen LogP contribution < -0.4 is 5.32 Å². The Hall–Kier alpha value is -1.55. The number of urea groups is 1. The second-order valence-corrected chi connectivity index (χ2v) is 6.61. The van der Waals surface area contributed by atoms with Gasteiger partial charge in [-0.25, -0.2) is 4.79 Å². The molecule has 122 valence electrons. The number of hydrogen-bond acceptors (Lipinski definition) is 2. The van der Waals surface area contributed by atoms with Crippen LogP contribution in [-0.4, -0.2) is 49.1 Å². The van der Waals surface area contributed by atoms with Gasteiger partial charge in [-0.3, -0.25) is 0 Å². The Balaban J connectivity index is 1.97. The molecule has 1 fully saturated rings. The monoisotopic (exact) mass is 303 g/mol. The molecule has 2 atom stereocenters. The molecule has 0 bridgehead atoms. The van der Waals surface area contributed by atoms with E-state index in [-0.39, 0.29) is 12.1 Å². The second kappa shape index (κ2) is 7.63. The Bertz CT molecular complexity index is 484. The zero-order chi connectivity index (χ0) is 16.1. The van der Waals surface area contributed by atoms with Crippen molar-refractivity contribution in [3.63, 3.8) is 0 Å². The number of nitrogens with one attached hydrogen (secondary N) is 1. The molecule has 1 aliphatic rings. The number of likely N-dealkylation sites (N-methyl/N-ethyl adjacent to an activating group) is 1. The van der Waals surface area contributed by atoms with E-state index >= 15 is 0 Å². The molecule has 0 saturated carbocycles. The van der Waals surface area contributed by atoms with Gasteiger partial charge in [-0.05, 0) is 52.8 Å². The van der Waals surface area contributed by atoms with E-state index in [1.807, 2.05) is 4.90 Å². The van der Waals surface area contributed by atoms with Gasteiger partial charge in [-0.1, -0.05) is 29.8 Å². The molecule has 2 unspecified atom stereocenters. The lowest BCUT2D eigenvalue weighted by Gasteiger charge is -2.34. The number of amides is 2. The molecule has 1 aromatic carbocycles. The third-order valence-corrected chi connectivity index (χ3v) is 4.60.